The van der Waals surface area contributed by atoms with E-state index in [4.69, 9.17) is 14.5 Å². The number of hydrogen-bond donors (Lipinski definition) is 0. The predicted octanol–water partition coefficient (Wildman–Crippen LogP) is 3.40. The second-order valence-electron chi connectivity index (χ2n) is 6.23. The van der Waals surface area contributed by atoms with Crippen molar-refractivity contribution in [1.29, 1.82) is 0 Å². The number of ether oxygens (including phenoxy) is 2. The van der Waals surface area contributed by atoms with Gasteiger partial charge in [-0.2, -0.15) is 0 Å². The van der Waals surface area contributed by atoms with Crippen molar-refractivity contribution < 1.29 is 9.47 Å². The van der Waals surface area contributed by atoms with E-state index in [1.165, 1.54) is 11.3 Å². The molecule has 1 aromatic heterocycles. The molecule has 0 atom stereocenters. The van der Waals surface area contributed by atoms with Crippen molar-refractivity contribution in [3.05, 3.63) is 41.4 Å². The normalized spacial score (nSPS) is 21.0. The van der Waals surface area contributed by atoms with E-state index in [1.807, 2.05) is 6.07 Å². The van der Waals surface area contributed by atoms with Crippen LogP contribution in [-0.2, 0) is 16.0 Å². The zero-order valence-corrected chi connectivity index (χ0v) is 14.0. The van der Waals surface area contributed by atoms with Crippen LogP contribution < -0.4 is 0 Å². The fraction of sp³-hybridized carbons (Fsp3) is 0.500. The molecule has 2 aliphatic heterocycles. The van der Waals surface area contributed by atoms with Gasteiger partial charge in [0.2, 0.25) is 0 Å². The first kappa shape index (κ1) is 15.3. The number of benzene rings is 1. The summed E-state index contributed by atoms with van der Waals surface area (Å²) in [4.78, 5) is 7.29. The van der Waals surface area contributed by atoms with Gasteiger partial charge >= 0.3 is 0 Å². The zero-order chi connectivity index (χ0) is 15.5. The van der Waals surface area contributed by atoms with Gasteiger partial charge in [-0.05, 0) is 25.9 Å². The summed E-state index contributed by atoms with van der Waals surface area (Å²) in [5.74, 6) is 0.559. The average molecular weight is 330 g/mol. The zero-order valence-electron chi connectivity index (χ0n) is 13.2. The molecule has 23 heavy (non-hydrogen) atoms. The van der Waals surface area contributed by atoms with E-state index in [-0.39, 0.29) is 6.29 Å². The van der Waals surface area contributed by atoms with Crippen molar-refractivity contribution in [1.82, 2.24) is 9.88 Å². The highest BCUT2D eigenvalue weighted by molar-refractivity contribution is 7.13. The summed E-state index contributed by atoms with van der Waals surface area (Å²) in [5, 5.41) is 3.31. The van der Waals surface area contributed by atoms with Gasteiger partial charge in [-0.25, -0.2) is 4.98 Å². The molecule has 122 valence electrons. The molecule has 0 saturated carbocycles. The molecular formula is C18H22N2O2S. The Morgan fingerprint density at radius 2 is 1.83 bits per heavy atom. The largest absolute Gasteiger partial charge is 0.350 e. The topological polar surface area (TPSA) is 34.6 Å². The Balaban J connectivity index is 1.32. The van der Waals surface area contributed by atoms with Crippen molar-refractivity contribution in [2.45, 2.75) is 25.7 Å². The number of aromatic nitrogens is 1. The van der Waals surface area contributed by atoms with Gasteiger partial charge in [-0.1, -0.05) is 30.3 Å². The molecule has 2 aliphatic rings. The van der Waals surface area contributed by atoms with E-state index in [0.717, 1.165) is 50.7 Å². The Bertz CT molecular complexity index is 617. The minimum Gasteiger partial charge on any atom is -0.350 e. The molecule has 0 radical (unpaired) electrons. The lowest BCUT2D eigenvalue weighted by Crippen LogP contribution is -2.37. The Morgan fingerprint density at radius 3 is 2.57 bits per heavy atom. The van der Waals surface area contributed by atoms with E-state index in [9.17, 15) is 0 Å². The third-order valence-corrected chi connectivity index (χ3v) is 5.56. The summed E-state index contributed by atoms with van der Waals surface area (Å²) >= 11 is 1.73. The van der Waals surface area contributed by atoms with Gasteiger partial charge in [0.15, 0.2) is 6.29 Å². The van der Waals surface area contributed by atoms with Gasteiger partial charge in [0.1, 0.15) is 5.01 Å². The summed E-state index contributed by atoms with van der Waals surface area (Å²) in [6, 6.07) is 10.4. The highest BCUT2D eigenvalue weighted by Crippen LogP contribution is 2.28. The molecule has 0 amide bonds. The predicted molar refractivity (Wildman–Crippen MR) is 91.2 cm³/mol. The van der Waals surface area contributed by atoms with Gasteiger partial charge in [0, 0.05) is 23.4 Å². The van der Waals surface area contributed by atoms with Gasteiger partial charge < -0.3 is 9.47 Å². The summed E-state index contributed by atoms with van der Waals surface area (Å²) in [5.41, 5.74) is 2.39. The van der Waals surface area contributed by atoms with Crippen molar-refractivity contribution in [2.24, 2.45) is 5.92 Å². The highest BCUT2D eigenvalue weighted by atomic mass is 32.1. The molecule has 5 heteroatoms. The van der Waals surface area contributed by atoms with Crippen molar-refractivity contribution in [2.75, 3.05) is 26.3 Å². The third-order valence-electron chi connectivity index (χ3n) is 4.62. The van der Waals surface area contributed by atoms with Crippen LogP contribution >= 0.6 is 11.3 Å². The van der Waals surface area contributed by atoms with E-state index in [2.05, 4.69) is 34.5 Å². The van der Waals surface area contributed by atoms with E-state index < -0.39 is 0 Å². The lowest BCUT2D eigenvalue weighted by Gasteiger charge is -2.33. The molecule has 0 unspecified atom stereocenters. The molecule has 2 saturated heterocycles. The number of thiazole rings is 1. The minimum atomic E-state index is 0.0427. The third kappa shape index (κ3) is 3.63. The summed E-state index contributed by atoms with van der Waals surface area (Å²) in [6.45, 7) is 4.67. The highest BCUT2D eigenvalue weighted by Gasteiger charge is 2.30. The number of rotatable bonds is 4. The lowest BCUT2D eigenvalue weighted by molar-refractivity contribution is -0.0978. The molecule has 0 N–H and O–H groups in total. The fourth-order valence-corrected chi connectivity index (χ4v) is 4.17. The van der Waals surface area contributed by atoms with Crippen LogP contribution in [0.4, 0.5) is 0 Å². The molecule has 2 fully saturated rings. The SMILES string of the molecule is c1ccc(-c2nc(CN3CCC(C4OCCO4)CC3)cs2)cc1. The van der Waals surface area contributed by atoms with Crippen LogP contribution in [0, 0.1) is 5.92 Å². The standard InChI is InChI=1S/C18H22N2O2S/c1-2-4-14(5-3-1)17-19-16(13-23-17)12-20-8-6-15(7-9-20)18-21-10-11-22-18/h1-5,13,15,18H,6-12H2. The maximum absolute atomic E-state index is 5.65. The Labute approximate surface area is 141 Å². The molecule has 4 rings (SSSR count). The maximum Gasteiger partial charge on any atom is 0.160 e. The van der Waals surface area contributed by atoms with Crippen molar-refractivity contribution >= 4 is 11.3 Å². The minimum absolute atomic E-state index is 0.0427. The first-order valence-corrected chi connectivity index (χ1v) is 9.22. The smallest absolute Gasteiger partial charge is 0.160 e. The van der Waals surface area contributed by atoms with Crippen molar-refractivity contribution in [3.8, 4) is 10.6 Å². The number of piperidine rings is 1. The summed E-state index contributed by atoms with van der Waals surface area (Å²) in [7, 11) is 0. The summed E-state index contributed by atoms with van der Waals surface area (Å²) < 4.78 is 11.3. The summed E-state index contributed by atoms with van der Waals surface area (Å²) in [6.07, 6.45) is 2.35. The van der Waals surface area contributed by atoms with Crippen LogP contribution in [0.5, 0.6) is 0 Å². The van der Waals surface area contributed by atoms with E-state index >= 15 is 0 Å². The average Bonchev–Trinajstić information content (AvgIpc) is 3.28. The number of likely N-dealkylation sites (tertiary alicyclic amines) is 1. The van der Waals surface area contributed by atoms with Crippen molar-refractivity contribution in [3.63, 3.8) is 0 Å². The molecule has 0 aliphatic carbocycles. The van der Waals surface area contributed by atoms with Crippen LogP contribution in [0.15, 0.2) is 35.7 Å². The molecular weight excluding hydrogens is 308 g/mol. The second kappa shape index (κ2) is 7.09. The maximum atomic E-state index is 5.65. The van der Waals surface area contributed by atoms with Crippen LogP contribution in [0.3, 0.4) is 0 Å². The number of nitrogens with zero attached hydrogens (tertiary/aromatic N) is 2. The molecule has 1 aromatic carbocycles. The van der Waals surface area contributed by atoms with Gasteiger partial charge in [-0.15, -0.1) is 11.3 Å². The first-order chi connectivity index (χ1) is 11.4. The van der Waals surface area contributed by atoms with Crippen LogP contribution in [0.2, 0.25) is 0 Å². The molecule has 2 aromatic rings. The molecule has 0 spiro atoms. The van der Waals surface area contributed by atoms with Gasteiger partial charge in [0.25, 0.3) is 0 Å². The van der Waals surface area contributed by atoms with Gasteiger partial charge in [-0.3, -0.25) is 4.90 Å². The van der Waals surface area contributed by atoms with Crippen LogP contribution in [0.25, 0.3) is 10.6 Å². The molecule has 3 heterocycles. The first-order valence-electron chi connectivity index (χ1n) is 8.34. The second-order valence-corrected chi connectivity index (χ2v) is 7.09. The Hall–Kier alpha value is -1.27. The fourth-order valence-electron chi connectivity index (χ4n) is 3.35. The Kier molecular flexibility index (Phi) is 4.71. The quantitative estimate of drug-likeness (QED) is 0.860. The van der Waals surface area contributed by atoms with E-state index in [0.29, 0.717) is 5.92 Å². The number of hydrogen-bond acceptors (Lipinski definition) is 5. The van der Waals surface area contributed by atoms with Gasteiger partial charge in [0.05, 0.1) is 18.9 Å². The molecule has 4 nitrogen and oxygen atoms in total. The monoisotopic (exact) mass is 330 g/mol. The molecule has 0 bridgehead atoms. The van der Waals surface area contributed by atoms with Crippen LogP contribution in [0.1, 0.15) is 18.5 Å². The van der Waals surface area contributed by atoms with E-state index in [1.54, 1.807) is 11.3 Å². The lowest BCUT2D eigenvalue weighted by atomic mass is 9.96. The van der Waals surface area contributed by atoms with Crippen LogP contribution in [-0.4, -0.2) is 42.5 Å². The Morgan fingerprint density at radius 1 is 1.09 bits per heavy atom.